The molecule has 1 aromatic rings. The average molecular weight is 430 g/mol. The molecular weight excluding hydrogens is 406 g/mol. The molecule has 0 bridgehead atoms. The van der Waals surface area contributed by atoms with Crippen LogP contribution in [0.3, 0.4) is 0 Å². The van der Waals surface area contributed by atoms with Crippen molar-refractivity contribution in [3.05, 3.63) is 43.0 Å². The lowest BCUT2D eigenvalue weighted by Crippen LogP contribution is -2.42. The van der Waals surface area contributed by atoms with Gasteiger partial charge in [-0.05, 0) is 25.3 Å². The molecule has 2 heterocycles. The highest BCUT2D eigenvalue weighted by atomic mass is 79.9. The van der Waals surface area contributed by atoms with Crippen LogP contribution in [-0.2, 0) is 11.3 Å². The van der Waals surface area contributed by atoms with Crippen LogP contribution in [0.2, 0.25) is 0 Å². The molecule has 1 N–H and O–H groups in total. The van der Waals surface area contributed by atoms with E-state index in [1.165, 1.54) is 15.3 Å². The maximum absolute atomic E-state index is 12.8. The zero-order valence-electron chi connectivity index (χ0n) is 14.8. The fraction of sp³-hybridized carbons (Fsp3) is 0.750. The highest BCUT2D eigenvalue weighted by molar-refractivity contribution is 9.09. The summed E-state index contributed by atoms with van der Waals surface area (Å²) >= 11 is 3.38. The van der Waals surface area contributed by atoms with E-state index in [0.717, 1.165) is 31.0 Å². The summed E-state index contributed by atoms with van der Waals surface area (Å²) in [6.45, 7) is 1.71. The Bertz CT molecular complexity index is 771. The third-order valence-corrected chi connectivity index (χ3v) is 5.09. The number of rotatable bonds is 9. The SMILES string of the molecule is Cc1cn(C2CC(N=[N+]=[N-])C(CO)O2)c(=O)n(CCCCCCBr)c1=O. The van der Waals surface area contributed by atoms with Crippen LogP contribution in [0, 0.1) is 6.92 Å². The zero-order chi connectivity index (χ0) is 19.1. The third-order valence-electron chi connectivity index (χ3n) is 4.53. The van der Waals surface area contributed by atoms with Gasteiger partial charge in [-0.3, -0.25) is 13.9 Å². The van der Waals surface area contributed by atoms with Crippen molar-refractivity contribution in [1.29, 1.82) is 0 Å². The molecule has 0 amide bonds. The van der Waals surface area contributed by atoms with E-state index >= 15 is 0 Å². The number of aryl methyl sites for hydroxylation is 1. The molecule has 1 saturated heterocycles. The summed E-state index contributed by atoms with van der Waals surface area (Å²) in [7, 11) is 0. The van der Waals surface area contributed by atoms with Gasteiger partial charge in [-0.1, -0.05) is 33.9 Å². The molecule has 0 saturated carbocycles. The molecule has 0 radical (unpaired) electrons. The van der Waals surface area contributed by atoms with Crippen molar-refractivity contribution in [3.63, 3.8) is 0 Å². The summed E-state index contributed by atoms with van der Waals surface area (Å²) in [6.07, 6.45) is 4.21. The second-order valence-electron chi connectivity index (χ2n) is 6.38. The minimum Gasteiger partial charge on any atom is -0.394 e. The molecule has 3 unspecified atom stereocenters. The van der Waals surface area contributed by atoms with Gasteiger partial charge in [0.2, 0.25) is 0 Å². The van der Waals surface area contributed by atoms with E-state index in [-0.39, 0.29) is 18.6 Å². The fourth-order valence-electron chi connectivity index (χ4n) is 3.12. The highest BCUT2D eigenvalue weighted by Gasteiger charge is 2.36. The Morgan fingerprint density at radius 2 is 2.12 bits per heavy atom. The molecule has 1 aromatic heterocycles. The van der Waals surface area contributed by atoms with Crippen LogP contribution in [0.1, 0.15) is 43.9 Å². The number of hydrogen-bond acceptors (Lipinski definition) is 5. The second kappa shape index (κ2) is 9.91. The summed E-state index contributed by atoms with van der Waals surface area (Å²) in [5.74, 6) is 0. The Kier molecular flexibility index (Phi) is 7.89. The molecule has 1 aliphatic heterocycles. The molecule has 0 aliphatic carbocycles. The number of hydrogen-bond donors (Lipinski definition) is 1. The van der Waals surface area contributed by atoms with Gasteiger partial charge in [0.25, 0.3) is 5.56 Å². The molecule has 9 nitrogen and oxygen atoms in total. The number of ether oxygens (including phenoxy) is 1. The molecule has 0 aromatic carbocycles. The van der Waals surface area contributed by atoms with E-state index in [9.17, 15) is 14.7 Å². The number of aliphatic hydroxyl groups excluding tert-OH is 1. The Hall–Kier alpha value is -1.61. The van der Waals surface area contributed by atoms with Gasteiger partial charge in [-0.25, -0.2) is 4.79 Å². The van der Waals surface area contributed by atoms with Gasteiger partial charge in [0.15, 0.2) is 0 Å². The highest BCUT2D eigenvalue weighted by Crippen LogP contribution is 2.29. The van der Waals surface area contributed by atoms with Gasteiger partial charge in [-0.2, -0.15) is 0 Å². The monoisotopic (exact) mass is 429 g/mol. The van der Waals surface area contributed by atoms with E-state index in [1.807, 2.05) is 0 Å². The van der Waals surface area contributed by atoms with Gasteiger partial charge in [0.05, 0.1) is 18.8 Å². The van der Waals surface area contributed by atoms with Crippen LogP contribution >= 0.6 is 15.9 Å². The number of alkyl halides is 1. The van der Waals surface area contributed by atoms with E-state index in [2.05, 4.69) is 26.0 Å². The van der Waals surface area contributed by atoms with Gasteiger partial charge >= 0.3 is 5.69 Å². The van der Waals surface area contributed by atoms with Crippen LogP contribution in [-0.4, -0.2) is 38.3 Å². The molecule has 3 atom stereocenters. The summed E-state index contributed by atoms with van der Waals surface area (Å²) < 4.78 is 8.28. The van der Waals surface area contributed by atoms with E-state index in [4.69, 9.17) is 10.3 Å². The standard InChI is InChI=1S/C16H24BrN5O4/c1-11-9-22(14-8-12(19-20-18)13(10-23)26-14)16(25)21(15(11)24)7-5-3-2-4-6-17/h9,12-14,23H,2-8,10H2,1H3. The van der Waals surface area contributed by atoms with E-state index in [0.29, 0.717) is 12.1 Å². The minimum absolute atomic E-state index is 0.276. The average Bonchev–Trinajstić information content (AvgIpc) is 3.03. The van der Waals surface area contributed by atoms with Crippen molar-refractivity contribution in [2.75, 3.05) is 11.9 Å². The van der Waals surface area contributed by atoms with Gasteiger partial charge in [-0.15, -0.1) is 0 Å². The Morgan fingerprint density at radius 3 is 2.77 bits per heavy atom. The topological polar surface area (TPSA) is 122 Å². The smallest absolute Gasteiger partial charge is 0.333 e. The number of nitrogens with zero attached hydrogens (tertiary/aromatic N) is 5. The molecule has 144 valence electrons. The van der Waals surface area contributed by atoms with Crippen molar-refractivity contribution < 1.29 is 9.84 Å². The maximum Gasteiger partial charge on any atom is 0.333 e. The Labute approximate surface area is 159 Å². The first-order chi connectivity index (χ1) is 12.5. The first-order valence-corrected chi connectivity index (χ1v) is 9.84. The van der Waals surface area contributed by atoms with Crippen molar-refractivity contribution >= 4 is 15.9 Å². The predicted octanol–water partition coefficient (Wildman–Crippen LogP) is 2.23. The van der Waals surface area contributed by atoms with Crippen molar-refractivity contribution in [3.8, 4) is 0 Å². The number of halogens is 1. The summed E-state index contributed by atoms with van der Waals surface area (Å²) in [6, 6.07) is -0.549. The molecule has 1 fully saturated rings. The molecule has 1 aliphatic rings. The normalized spacial score (nSPS) is 22.3. The lowest BCUT2D eigenvalue weighted by Gasteiger charge is -2.17. The van der Waals surface area contributed by atoms with Gasteiger partial charge in [0.1, 0.15) is 6.23 Å². The van der Waals surface area contributed by atoms with E-state index < -0.39 is 24.1 Å². The zero-order valence-corrected chi connectivity index (χ0v) is 16.3. The fourth-order valence-corrected chi connectivity index (χ4v) is 3.51. The largest absolute Gasteiger partial charge is 0.394 e. The van der Waals surface area contributed by atoms with Crippen LogP contribution in [0.4, 0.5) is 0 Å². The summed E-state index contributed by atoms with van der Waals surface area (Å²) in [4.78, 5) is 27.9. The summed E-state index contributed by atoms with van der Waals surface area (Å²) in [5.41, 5.74) is 8.35. The Morgan fingerprint density at radius 1 is 1.38 bits per heavy atom. The minimum atomic E-state index is -0.672. The number of unbranched alkanes of at least 4 members (excludes halogenated alkanes) is 3. The first kappa shape index (κ1) is 20.7. The van der Waals surface area contributed by atoms with Crippen LogP contribution in [0.25, 0.3) is 10.4 Å². The first-order valence-electron chi connectivity index (χ1n) is 8.72. The third kappa shape index (κ3) is 4.76. The predicted molar refractivity (Wildman–Crippen MR) is 101 cm³/mol. The quantitative estimate of drug-likeness (QED) is 0.212. The number of aliphatic hydroxyl groups is 1. The van der Waals surface area contributed by atoms with Crippen LogP contribution < -0.4 is 11.2 Å². The van der Waals surface area contributed by atoms with E-state index in [1.54, 1.807) is 6.92 Å². The van der Waals surface area contributed by atoms with Gasteiger partial charge in [0, 0.05) is 35.0 Å². The molecular formula is C16H24BrN5O4. The van der Waals surface area contributed by atoms with Crippen LogP contribution in [0.15, 0.2) is 20.9 Å². The Balaban J connectivity index is 2.23. The van der Waals surface area contributed by atoms with Crippen molar-refractivity contribution in [2.45, 2.75) is 63.9 Å². The summed E-state index contributed by atoms with van der Waals surface area (Å²) in [5, 5.41) is 14.0. The van der Waals surface area contributed by atoms with Crippen LogP contribution in [0.5, 0.6) is 0 Å². The molecule has 0 spiro atoms. The molecule has 10 heteroatoms. The molecule has 2 rings (SSSR count). The van der Waals surface area contributed by atoms with Crippen molar-refractivity contribution in [1.82, 2.24) is 9.13 Å². The van der Waals surface area contributed by atoms with Crippen molar-refractivity contribution in [2.24, 2.45) is 5.11 Å². The van der Waals surface area contributed by atoms with Gasteiger partial charge < -0.3 is 9.84 Å². The maximum atomic E-state index is 12.8. The number of azide groups is 1. The molecule has 26 heavy (non-hydrogen) atoms. The lowest BCUT2D eigenvalue weighted by molar-refractivity contribution is -0.0277. The second-order valence-corrected chi connectivity index (χ2v) is 7.17. The lowest BCUT2D eigenvalue weighted by atomic mass is 10.1. The number of aromatic nitrogens is 2.